The Morgan fingerprint density at radius 3 is 2.44 bits per heavy atom. The Bertz CT molecular complexity index is 378. The summed E-state index contributed by atoms with van der Waals surface area (Å²) in [4.78, 5) is 0. The predicted octanol–water partition coefficient (Wildman–Crippen LogP) is 4.17. The Kier molecular flexibility index (Phi) is 3.15. The average molecular weight is 285 g/mol. The van der Waals surface area contributed by atoms with Crippen LogP contribution in [0.25, 0.3) is 0 Å². The molecule has 16 heavy (non-hydrogen) atoms. The van der Waals surface area contributed by atoms with Gasteiger partial charge in [0.25, 0.3) is 0 Å². The normalized spacial score (nSPS) is 16.0. The molecule has 0 unspecified atom stereocenters. The van der Waals surface area contributed by atoms with Gasteiger partial charge in [-0.15, -0.1) is 0 Å². The number of benzene rings is 1. The topological polar surface area (TPSA) is 18.5 Å². The molecule has 2 rings (SSSR count). The van der Waals surface area contributed by atoms with Crippen LogP contribution in [-0.4, -0.2) is 11.7 Å². The number of rotatable bonds is 3. The molecule has 1 aromatic carbocycles. The van der Waals surface area contributed by atoms with Crippen LogP contribution in [0.5, 0.6) is 11.5 Å². The zero-order valence-corrected chi connectivity index (χ0v) is 11.5. The van der Waals surface area contributed by atoms with E-state index >= 15 is 0 Å². The van der Waals surface area contributed by atoms with Crippen LogP contribution in [0, 0.1) is 0 Å². The van der Waals surface area contributed by atoms with Gasteiger partial charge in [-0.25, -0.2) is 0 Å². The van der Waals surface area contributed by atoms with Gasteiger partial charge in [0.1, 0.15) is 17.1 Å². The molecule has 0 bridgehead atoms. The van der Waals surface area contributed by atoms with Gasteiger partial charge in [0.05, 0.1) is 10.6 Å². The van der Waals surface area contributed by atoms with Crippen LogP contribution < -0.4 is 9.47 Å². The van der Waals surface area contributed by atoms with Gasteiger partial charge in [-0.3, -0.25) is 0 Å². The monoisotopic (exact) mass is 284 g/mol. The van der Waals surface area contributed by atoms with Gasteiger partial charge in [-0.2, -0.15) is 0 Å². The van der Waals surface area contributed by atoms with Crippen molar-refractivity contribution in [2.75, 3.05) is 0 Å². The van der Waals surface area contributed by atoms with Crippen LogP contribution in [0.1, 0.15) is 33.6 Å². The van der Waals surface area contributed by atoms with Crippen molar-refractivity contribution in [3.8, 4) is 11.5 Å². The first-order chi connectivity index (χ1) is 7.44. The third-order valence-corrected chi connectivity index (χ3v) is 2.77. The second-order valence-electron chi connectivity index (χ2n) is 5.12. The highest BCUT2D eigenvalue weighted by Gasteiger charge is 2.24. The summed E-state index contributed by atoms with van der Waals surface area (Å²) in [5.41, 5.74) is -0.168. The van der Waals surface area contributed by atoms with Crippen molar-refractivity contribution in [3.05, 3.63) is 22.7 Å². The van der Waals surface area contributed by atoms with Crippen molar-refractivity contribution < 1.29 is 9.47 Å². The van der Waals surface area contributed by atoms with Crippen molar-refractivity contribution in [1.29, 1.82) is 0 Å². The van der Waals surface area contributed by atoms with Crippen LogP contribution in [0.15, 0.2) is 22.7 Å². The molecule has 1 aliphatic carbocycles. The first kappa shape index (κ1) is 11.8. The summed E-state index contributed by atoms with van der Waals surface area (Å²) in [5, 5.41) is 0. The summed E-state index contributed by atoms with van der Waals surface area (Å²) in [5.74, 6) is 1.77. The van der Waals surface area contributed by atoms with Gasteiger partial charge in [0.2, 0.25) is 0 Å². The SMILES string of the molecule is CC(C)(C)Oc1ccc(OC2CC2)c(Br)c1. The fraction of sp³-hybridized carbons (Fsp3) is 0.538. The van der Waals surface area contributed by atoms with Gasteiger partial charge >= 0.3 is 0 Å². The van der Waals surface area contributed by atoms with Gasteiger partial charge in [0, 0.05) is 0 Å². The molecule has 1 saturated carbocycles. The summed E-state index contributed by atoms with van der Waals surface area (Å²) in [6.45, 7) is 6.11. The molecule has 0 heterocycles. The van der Waals surface area contributed by atoms with Crippen molar-refractivity contribution in [3.63, 3.8) is 0 Å². The molecule has 1 aromatic rings. The van der Waals surface area contributed by atoms with Gasteiger partial charge < -0.3 is 9.47 Å². The smallest absolute Gasteiger partial charge is 0.134 e. The minimum absolute atomic E-state index is 0.168. The Labute approximate surface area is 105 Å². The molecule has 3 heteroatoms. The van der Waals surface area contributed by atoms with E-state index in [4.69, 9.17) is 9.47 Å². The molecule has 88 valence electrons. The van der Waals surface area contributed by atoms with E-state index in [0.29, 0.717) is 6.10 Å². The molecule has 2 nitrogen and oxygen atoms in total. The molecule has 0 N–H and O–H groups in total. The molecule has 1 fully saturated rings. The molecular weight excluding hydrogens is 268 g/mol. The molecule has 0 radical (unpaired) electrons. The standard InChI is InChI=1S/C13H17BrO2/c1-13(2,3)16-10-6-7-12(11(14)8-10)15-9-4-5-9/h6-9H,4-5H2,1-3H3. The van der Waals surface area contributed by atoms with E-state index < -0.39 is 0 Å². The van der Waals surface area contributed by atoms with E-state index in [9.17, 15) is 0 Å². The number of ether oxygens (including phenoxy) is 2. The Balaban J connectivity index is 2.08. The number of hydrogen-bond donors (Lipinski definition) is 0. The van der Waals surface area contributed by atoms with E-state index in [1.165, 1.54) is 12.8 Å². The summed E-state index contributed by atoms with van der Waals surface area (Å²) in [7, 11) is 0. The first-order valence-electron chi connectivity index (χ1n) is 5.59. The maximum absolute atomic E-state index is 5.77. The zero-order valence-electron chi connectivity index (χ0n) is 9.92. The first-order valence-corrected chi connectivity index (χ1v) is 6.38. The van der Waals surface area contributed by atoms with Crippen molar-refractivity contribution in [2.45, 2.75) is 45.3 Å². The van der Waals surface area contributed by atoms with Gasteiger partial charge in [-0.05, 0) is 67.7 Å². The highest BCUT2D eigenvalue weighted by molar-refractivity contribution is 9.10. The quantitative estimate of drug-likeness (QED) is 0.830. The van der Waals surface area contributed by atoms with Crippen LogP contribution >= 0.6 is 15.9 Å². The van der Waals surface area contributed by atoms with Crippen LogP contribution in [0.3, 0.4) is 0 Å². The van der Waals surface area contributed by atoms with Crippen molar-refractivity contribution in [1.82, 2.24) is 0 Å². The van der Waals surface area contributed by atoms with E-state index in [1.807, 2.05) is 39.0 Å². The minimum Gasteiger partial charge on any atom is -0.489 e. The Morgan fingerprint density at radius 2 is 1.94 bits per heavy atom. The summed E-state index contributed by atoms with van der Waals surface area (Å²) < 4.78 is 12.5. The number of halogens is 1. The lowest BCUT2D eigenvalue weighted by molar-refractivity contribution is 0.130. The van der Waals surface area contributed by atoms with E-state index in [1.54, 1.807) is 0 Å². The van der Waals surface area contributed by atoms with Crippen LogP contribution in [0.4, 0.5) is 0 Å². The molecule has 0 saturated heterocycles. The highest BCUT2D eigenvalue weighted by Crippen LogP contribution is 2.35. The lowest BCUT2D eigenvalue weighted by Crippen LogP contribution is -2.22. The maximum atomic E-state index is 5.77. The second kappa shape index (κ2) is 4.28. The van der Waals surface area contributed by atoms with E-state index in [-0.39, 0.29) is 5.60 Å². The van der Waals surface area contributed by atoms with E-state index in [0.717, 1.165) is 16.0 Å². The third-order valence-electron chi connectivity index (χ3n) is 2.15. The van der Waals surface area contributed by atoms with Crippen LogP contribution in [0.2, 0.25) is 0 Å². The summed E-state index contributed by atoms with van der Waals surface area (Å²) >= 11 is 3.51. The van der Waals surface area contributed by atoms with Gasteiger partial charge in [0.15, 0.2) is 0 Å². The molecule has 0 spiro atoms. The Hall–Kier alpha value is -0.700. The maximum Gasteiger partial charge on any atom is 0.134 e. The van der Waals surface area contributed by atoms with Crippen molar-refractivity contribution >= 4 is 15.9 Å². The molecule has 0 aromatic heterocycles. The Morgan fingerprint density at radius 1 is 1.25 bits per heavy atom. The minimum atomic E-state index is -0.168. The second-order valence-corrected chi connectivity index (χ2v) is 5.98. The zero-order chi connectivity index (χ0) is 11.8. The molecule has 1 aliphatic rings. The molecule has 0 aliphatic heterocycles. The van der Waals surface area contributed by atoms with Gasteiger partial charge in [-0.1, -0.05) is 0 Å². The van der Waals surface area contributed by atoms with Crippen molar-refractivity contribution in [2.24, 2.45) is 0 Å². The average Bonchev–Trinajstić information content (AvgIpc) is 2.90. The third kappa shape index (κ3) is 3.41. The number of hydrogen-bond acceptors (Lipinski definition) is 2. The fourth-order valence-electron chi connectivity index (χ4n) is 1.36. The van der Waals surface area contributed by atoms with E-state index in [2.05, 4.69) is 15.9 Å². The largest absolute Gasteiger partial charge is 0.489 e. The lowest BCUT2D eigenvalue weighted by atomic mass is 10.2. The van der Waals surface area contributed by atoms with Crippen LogP contribution in [-0.2, 0) is 0 Å². The lowest BCUT2D eigenvalue weighted by Gasteiger charge is -2.21. The summed E-state index contributed by atoms with van der Waals surface area (Å²) in [6.07, 6.45) is 2.77. The highest BCUT2D eigenvalue weighted by atomic mass is 79.9. The fourth-order valence-corrected chi connectivity index (χ4v) is 1.81. The molecule has 0 amide bonds. The molecular formula is C13H17BrO2. The predicted molar refractivity (Wildman–Crippen MR) is 68.2 cm³/mol. The summed E-state index contributed by atoms with van der Waals surface area (Å²) in [6, 6.07) is 5.88. The molecule has 0 atom stereocenters.